The van der Waals surface area contributed by atoms with Crippen molar-refractivity contribution in [1.29, 1.82) is 0 Å². The van der Waals surface area contributed by atoms with Crippen molar-refractivity contribution in [3.8, 4) is 45.6 Å². The lowest BCUT2D eigenvalue weighted by atomic mass is 10.0. The van der Waals surface area contributed by atoms with E-state index in [0.29, 0.717) is 41.4 Å². The van der Waals surface area contributed by atoms with Gasteiger partial charge in [-0.15, -0.1) is 0 Å². The highest BCUT2D eigenvalue weighted by molar-refractivity contribution is 5.94. The third-order valence-electron chi connectivity index (χ3n) is 12.9. The monoisotopic (exact) mass is 1020 g/mol. The van der Waals surface area contributed by atoms with Gasteiger partial charge in [-0.2, -0.15) is 0 Å². The van der Waals surface area contributed by atoms with Crippen LogP contribution in [0.25, 0.3) is 11.1 Å². The van der Waals surface area contributed by atoms with Crippen LogP contribution >= 0.6 is 0 Å². The first-order valence-electron chi connectivity index (χ1n) is 27.1. The summed E-state index contributed by atoms with van der Waals surface area (Å²) < 4.78 is 49.6. The molecule has 11 heteroatoms. The Morgan fingerprint density at radius 2 is 0.627 bits per heavy atom. The average molecular weight is 1020 g/mol. The lowest BCUT2D eigenvalue weighted by molar-refractivity contribution is 0.0718. The molecule has 0 radical (unpaired) electrons. The molecule has 396 valence electrons. The zero-order chi connectivity index (χ0) is 52.9. The lowest BCUT2D eigenvalue weighted by Gasteiger charge is -2.11. The first kappa shape index (κ1) is 57.0. The van der Waals surface area contributed by atoms with E-state index >= 15 is 4.39 Å². The molecule has 0 saturated carbocycles. The van der Waals surface area contributed by atoms with Crippen molar-refractivity contribution in [2.75, 3.05) is 13.2 Å². The molecule has 0 aliphatic carbocycles. The van der Waals surface area contributed by atoms with Crippen LogP contribution in [0.4, 0.5) is 4.39 Å². The molecule has 0 fully saturated rings. The maximum Gasteiger partial charge on any atom is 0.343 e. The maximum atomic E-state index is 15.8. The SMILES string of the molecule is CCCCCCCCCCCCOc1ccc(C(=O)Oc2ccc(C(=O)Oc3ccc(-c4cccc(OC(=O)c5ccc(OC(=O)c6ccc(OCCCCCCCCCCCC)cc6)cc5)c4F)cc3)cc2)cc1. The standard InChI is InChI=1S/C64H73FO10/c1-3-5-7-9-11-13-15-17-19-21-46-70-53-36-28-49(29-37-53)61(66)73-56-42-32-51(33-43-56)63(68)72-55-40-26-48(27-41-55)58-24-23-25-59(60(58)65)75-64(69)52-34-44-57(45-35-52)74-62(67)50-30-38-54(39-31-50)71-47-22-20-18-16-14-12-10-8-6-4-2/h23-45H,3-22,46-47H2,1-2H3. The number of hydrogen-bond donors (Lipinski definition) is 0. The summed E-state index contributed by atoms with van der Waals surface area (Å²) in [6.45, 7) is 5.73. The molecule has 0 saturated heterocycles. The molecule has 6 rings (SSSR count). The minimum absolute atomic E-state index is 0.117. The van der Waals surface area contributed by atoms with Crippen LogP contribution < -0.4 is 28.4 Å². The van der Waals surface area contributed by atoms with Gasteiger partial charge in [0, 0.05) is 5.56 Å². The van der Waals surface area contributed by atoms with Crippen LogP contribution in [-0.4, -0.2) is 37.1 Å². The minimum Gasteiger partial charge on any atom is -0.494 e. The highest BCUT2D eigenvalue weighted by atomic mass is 19.1. The molecule has 0 aliphatic rings. The molecule has 6 aromatic rings. The van der Waals surface area contributed by atoms with Gasteiger partial charge in [0.15, 0.2) is 11.6 Å². The van der Waals surface area contributed by atoms with Crippen molar-refractivity contribution in [3.05, 3.63) is 168 Å². The third-order valence-corrected chi connectivity index (χ3v) is 12.9. The topological polar surface area (TPSA) is 124 Å². The van der Waals surface area contributed by atoms with Gasteiger partial charge < -0.3 is 28.4 Å². The van der Waals surface area contributed by atoms with E-state index in [-0.39, 0.29) is 39.7 Å². The van der Waals surface area contributed by atoms with Gasteiger partial charge in [-0.3, -0.25) is 0 Å². The molecule has 0 unspecified atom stereocenters. The zero-order valence-electron chi connectivity index (χ0n) is 43.8. The Bertz CT molecular complexity index is 2640. The normalized spacial score (nSPS) is 10.9. The van der Waals surface area contributed by atoms with Crippen molar-refractivity contribution in [1.82, 2.24) is 0 Å². The summed E-state index contributed by atoms with van der Waals surface area (Å²) in [4.78, 5) is 51.8. The second-order valence-corrected chi connectivity index (χ2v) is 18.9. The van der Waals surface area contributed by atoms with Crippen LogP contribution in [0.1, 0.15) is 184 Å². The van der Waals surface area contributed by atoms with E-state index in [1.54, 1.807) is 66.7 Å². The van der Waals surface area contributed by atoms with Crippen LogP contribution in [0.15, 0.2) is 140 Å². The lowest BCUT2D eigenvalue weighted by Crippen LogP contribution is -2.11. The summed E-state index contributed by atoms with van der Waals surface area (Å²) >= 11 is 0. The Morgan fingerprint density at radius 3 is 0.973 bits per heavy atom. The molecule has 0 bridgehead atoms. The zero-order valence-corrected chi connectivity index (χ0v) is 43.8. The van der Waals surface area contributed by atoms with Crippen LogP contribution in [0.3, 0.4) is 0 Å². The Kier molecular flexibility index (Phi) is 24.4. The number of unbranched alkanes of at least 4 members (excludes halogenated alkanes) is 18. The quantitative estimate of drug-likeness (QED) is 0.0224. The Labute approximate surface area is 442 Å². The Morgan fingerprint density at radius 1 is 0.333 bits per heavy atom. The number of rotatable bonds is 33. The predicted octanol–water partition coefficient (Wildman–Crippen LogP) is 17.0. The molecule has 0 atom stereocenters. The van der Waals surface area contributed by atoms with Crippen LogP contribution in [-0.2, 0) is 0 Å². The number of benzene rings is 6. The first-order chi connectivity index (χ1) is 36.7. The molecule has 0 spiro atoms. The summed E-state index contributed by atoms with van der Waals surface area (Å²) in [5, 5.41) is 0. The predicted molar refractivity (Wildman–Crippen MR) is 292 cm³/mol. The fourth-order valence-electron chi connectivity index (χ4n) is 8.42. The van der Waals surface area contributed by atoms with Gasteiger partial charge in [-0.25, -0.2) is 23.6 Å². The molecule has 75 heavy (non-hydrogen) atoms. The van der Waals surface area contributed by atoms with Gasteiger partial charge in [-0.1, -0.05) is 154 Å². The molecule has 0 heterocycles. The van der Waals surface area contributed by atoms with Crippen molar-refractivity contribution in [2.24, 2.45) is 0 Å². The van der Waals surface area contributed by atoms with Gasteiger partial charge in [0.1, 0.15) is 28.7 Å². The minimum atomic E-state index is -0.809. The van der Waals surface area contributed by atoms with E-state index in [0.717, 1.165) is 25.7 Å². The maximum absolute atomic E-state index is 15.8. The number of carbonyl (C=O) groups excluding carboxylic acids is 4. The van der Waals surface area contributed by atoms with Crippen molar-refractivity contribution >= 4 is 23.9 Å². The fraction of sp³-hybridized carbons (Fsp3) is 0.375. The fourth-order valence-corrected chi connectivity index (χ4v) is 8.42. The van der Waals surface area contributed by atoms with Gasteiger partial charge >= 0.3 is 23.9 Å². The molecule has 0 aromatic heterocycles. The molecule has 0 aliphatic heterocycles. The average Bonchev–Trinajstić information content (AvgIpc) is 3.43. The smallest absolute Gasteiger partial charge is 0.343 e. The number of carbonyl (C=O) groups is 4. The van der Waals surface area contributed by atoms with Crippen molar-refractivity contribution in [2.45, 2.75) is 142 Å². The van der Waals surface area contributed by atoms with Gasteiger partial charge in [0.25, 0.3) is 0 Å². The van der Waals surface area contributed by atoms with Crippen LogP contribution in [0.5, 0.6) is 34.5 Å². The molecule has 0 amide bonds. The van der Waals surface area contributed by atoms with E-state index in [1.165, 1.54) is 176 Å². The van der Waals surface area contributed by atoms with Crippen molar-refractivity contribution < 1.29 is 52.0 Å². The van der Waals surface area contributed by atoms with E-state index in [1.807, 2.05) is 0 Å². The van der Waals surface area contributed by atoms with Gasteiger partial charge in [-0.05, 0) is 134 Å². The third kappa shape index (κ3) is 19.8. The first-order valence-corrected chi connectivity index (χ1v) is 27.1. The van der Waals surface area contributed by atoms with E-state index in [9.17, 15) is 19.2 Å². The number of hydrogen-bond acceptors (Lipinski definition) is 10. The molecule has 0 N–H and O–H groups in total. The summed E-state index contributed by atoms with van der Waals surface area (Å²) in [5.74, 6) is -1.56. The summed E-state index contributed by atoms with van der Waals surface area (Å²) in [5.41, 5.74) is 1.65. The second kappa shape index (κ2) is 32.1. The number of esters is 4. The second-order valence-electron chi connectivity index (χ2n) is 18.9. The molecule has 10 nitrogen and oxygen atoms in total. The van der Waals surface area contributed by atoms with Crippen molar-refractivity contribution in [3.63, 3.8) is 0 Å². The van der Waals surface area contributed by atoms with E-state index in [4.69, 9.17) is 28.4 Å². The highest BCUT2D eigenvalue weighted by Gasteiger charge is 2.18. The molecule has 6 aromatic carbocycles. The summed E-state index contributed by atoms with van der Waals surface area (Å²) in [7, 11) is 0. The van der Waals surface area contributed by atoms with Crippen LogP contribution in [0, 0.1) is 5.82 Å². The molecular formula is C64H73FO10. The van der Waals surface area contributed by atoms with Gasteiger partial charge in [0.2, 0.25) is 0 Å². The molecular weight excluding hydrogens is 948 g/mol. The van der Waals surface area contributed by atoms with Crippen LogP contribution in [0.2, 0.25) is 0 Å². The number of halogens is 1. The summed E-state index contributed by atoms with van der Waals surface area (Å²) in [6.07, 6.45) is 25.1. The van der Waals surface area contributed by atoms with Gasteiger partial charge in [0.05, 0.1) is 35.5 Å². The Balaban J connectivity index is 0.890. The van der Waals surface area contributed by atoms with E-state index < -0.39 is 29.7 Å². The summed E-state index contributed by atoms with van der Waals surface area (Å²) in [6, 6.07) is 36.0. The largest absolute Gasteiger partial charge is 0.494 e. The Hall–Kier alpha value is -7.27. The highest BCUT2D eigenvalue weighted by Crippen LogP contribution is 2.31. The number of ether oxygens (including phenoxy) is 6. The van der Waals surface area contributed by atoms with E-state index in [2.05, 4.69) is 13.8 Å².